The maximum absolute atomic E-state index is 9.16. The van der Waals surface area contributed by atoms with E-state index in [4.69, 9.17) is 5.11 Å². The highest BCUT2D eigenvalue weighted by atomic mass is 16.2. The molecule has 1 heteroatoms. The quantitative estimate of drug-likeness (QED) is 0.242. The second-order valence-electron chi connectivity index (χ2n) is 9.64. The fourth-order valence-electron chi connectivity index (χ4n) is 4.92. The standard InChI is InChI=1S/C33H44O/c1-4-7-8-9-11-26-13-15-27(16-14-26)17-18-29-20-22-33(31(6-3)25-29)32-21-19-28(12-10-23-34)24-30(32)5-2/h13-16,19-22,24-25,34H,4-12,17-18,23H2,1-3H3. The van der Waals surface area contributed by atoms with Crippen LogP contribution in [0, 0.1) is 0 Å². The molecule has 3 rings (SSSR count). The largest absolute Gasteiger partial charge is 0.396 e. The Balaban J connectivity index is 1.66. The summed E-state index contributed by atoms with van der Waals surface area (Å²) in [7, 11) is 0. The number of aliphatic hydroxyl groups excluding tert-OH is 1. The van der Waals surface area contributed by atoms with Crippen LogP contribution in [0.2, 0.25) is 0 Å². The van der Waals surface area contributed by atoms with Crippen LogP contribution in [0.3, 0.4) is 0 Å². The van der Waals surface area contributed by atoms with Crippen molar-refractivity contribution < 1.29 is 5.11 Å². The molecule has 0 aliphatic rings. The third-order valence-electron chi connectivity index (χ3n) is 7.06. The number of benzene rings is 3. The van der Waals surface area contributed by atoms with Gasteiger partial charge in [0.1, 0.15) is 0 Å². The number of hydrogen-bond acceptors (Lipinski definition) is 1. The van der Waals surface area contributed by atoms with Gasteiger partial charge in [0.25, 0.3) is 0 Å². The molecule has 0 radical (unpaired) electrons. The Morgan fingerprint density at radius 1 is 0.500 bits per heavy atom. The summed E-state index contributed by atoms with van der Waals surface area (Å²) in [6.45, 7) is 7.04. The molecule has 0 fully saturated rings. The molecular formula is C33H44O. The minimum atomic E-state index is 0.258. The van der Waals surface area contributed by atoms with E-state index in [0.29, 0.717) is 0 Å². The monoisotopic (exact) mass is 456 g/mol. The lowest BCUT2D eigenvalue weighted by atomic mass is 9.89. The van der Waals surface area contributed by atoms with Gasteiger partial charge >= 0.3 is 0 Å². The Labute approximate surface area is 208 Å². The van der Waals surface area contributed by atoms with Crippen LogP contribution in [0.25, 0.3) is 11.1 Å². The molecule has 0 aliphatic heterocycles. The van der Waals surface area contributed by atoms with Gasteiger partial charge in [-0.1, -0.05) is 101 Å². The van der Waals surface area contributed by atoms with E-state index in [1.807, 2.05) is 0 Å². The van der Waals surface area contributed by atoms with Crippen molar-refractivity contribution in [3.8, 4) is 11.1 Å². The summed E-state index contributed by atoms with van der Waals surface area (Å²) in [6, 6.07) is 23.3. The van der Waals surface area contributed by atoms with Crippen LogP contribution in [0.4, 0.5) is 0 Å². The highest BCUT2D eigenvalue weighted by molar-refractivity contribution is 5.71. The van der Waals surface area contributed by atoms with E-state index in [1.165, 1.54) is 76.6 Å². The predicted molar refractivity (Wildman–Crippen MR) is 148 cm³/mol. The number of rotatable bonds is 14. The molecule has 0 amide bonds. The van der Waals surface area contributed by atoms with E-state index in [9.17, 15) is 0 Å². The predicted octanol–water partition coefficient (Wildman–Crippen LogP) is 8.31. The van der Waals surface area contributed by atoms with E-state index < -0.39 is 0 Å². The van der Waals surface area contributed by atoms with E-state index in [1.54, 1.807) is 0 Å². The highest BCUT2D eigenvalue weighted by Gasteiger charge is 2.10. The van der Waals surface area contributed by atoms with Crippen molar-refractivity contribution in [3.05, 3.63) is 94.0 Å². The van der Waals surface area contributed by atoms with Crippen molar-refractivity contribution in [3.63, 3.8) is 0 Å². The molecule has 1 nitrogen and oxygen atoms in total. The van der Waals surface area contributed by atoms with Crippen LogP contribution >= 0.6 is 0 Å². The molecule has 0 saturated carbocycles. The average molecular weight is 457 g/mol. The smallest absolute Gasteiger partial charge is 0.0434 e. The fraction of sp³-hybridized carbons (Fsp3) is 0.455. The van der Waals surface area contributed by atoms with Crippen LogP contribution in [-0.2, 0) is 38.5 Å². The van der Waals surface area contributed by atoms with Gasteiger partial charge in [-0.2, -0.15) is 0 Å². The van der Waals surface area contributed by atoms with E-state index in [0.717, 1.165) is 38.5 Å². The summed E-state index contributed by atoms with van der Waals surface area (Å²) in [5.41, 5.74) is 11.3. The van der Waals surface area contributed by atoms with Crippen LogP contribution in [0.15, 0.2) is 60.7 Å². The summed E-state index contributed by atoms with van der Waals surface area (Å²) in [5.74, 6) is 0. The molecule has 182 valence electrons. The SMILES string of the molecule is CCCCCCc1ccc(CCc2ccc(-c3ccc(CCCO)cc3CC)c(CC)c2)cc1. The lowest BCUT2D eigenvalue weighted by Gasteiger charge is -2.16. The van der Waals surface area contributed by atoms with Gasteiger partial charge in [-0.25, -0.2) is 0 Å². The first kappa shape index (κ1) is 26.2. The zero-order valence-corrected chi connectivity index (χ0v) is 21.7. The summed E-state index contributed by atoms with van der Waals surface area (Å²) in [6.07, 6.45) is 12.6. The molecular weight excluding hydrogens is 412 g/mol. The Bertz CT molecular complexity index is 1000. The number of aryl methyl sites for hydroxylation is 6. The summed E-state index contributed by atoms with van der Waals surface area (Å²) < 4.78 is 0. The second-order valence-corrected chi connectivity index (χ2v) is 9.64. The maximum atomic E-state index is 9.16. The third-order valence-corrected chi connectivity index (χ3v) is 7.06. The molecule has 0 aromatic heterocycles. The Hall–Kier alpha value is -2.38. The number of unbranched alkanes of at least 4 members (excludes halogenated alkanes) is 3. The van der Waals surface area contributed by atoms with Gasteiger partial charge in [-0.3, -0.25) is 0 Å². The second kappa shape index (κ2) is 14.1. The average Bonchev–Trinajstić information content (AvgIpc) is 2.89. The first-order valence-corrected chi connectivity index (χ1v) is 13.6. The van der Waals surface area contributed by atoms with Crippen molar-refractivity contribution in [2.24, 2.45) is 0 Å². The maximum Gasteiger partial charge on any atom is 0.0434 e. The minimum Gasteiger partial charge on any atom is -0.396 e. The Morgan fingerprint density at radius 2 is 0.971 bits per heavy atom. The molecule has 0 aliphatic carbocycles. The minimum absolute atomic E-state index is 0.258. The normalized spacial score (nSPS) is 11.2. The van der Waals surface area contributed by atoms with Crippen LogP contribution in [-0.4, -0.2) is 11.7 Å². The first-order chi connectivity index (χ1) is 16.7. The molecule has 0 bridgehead atoms. The molecule has 0 atom stereocenters. The molecule has 3 aromatic carbocycles. The van der Waals surface area contributed by atoms with Gasteiger partial charge in [0.15, 0.2) is 0 Å². The molecule has 0 saturated heterocycles. The van der Waals surface area contributed by atoms with Gasteiger partial charge < -0.3 is 5.11 Å². The number of aliphatic hydroxyl groups is 1. The van der Waals surface area contributed by atoms with Crippen molar-refractivity contribution in [2.75, 3.05) is 6.61 Å². The number of hydrogen-bond donors (Lipinski definition) is 1. The van der Waals surface area contributed by atoms with Crippen molar-refractivity contribution in [2.45, 2.75) is 91.4 Å². The Kier molecular flexibility index (Phi) is 10.9. The van der Waals surface area contributed by atoms with Crippen molar-refractivity contribution in [1.82, 2.24) is 0 Å². The van der Waals surface area contributed by atoms with Crippen LogP contribution in [0.1, 0.15) is 86.3 Å². The van der Waals surface area contributed by atoms with Crippen LogP contribution < -0.4 is 0 Å². The molecule has 34 heavy (non-hydrogen) atoms. The summed E-state index contributed by atoms with van der Waals surface area (Å²) in [5, 5.41) is 9.16. The third kappa shape index (κ3) is 7.57. The Morgan fingerprint density at radius 3 is 1.50 bits per heavy atom. The lowest BCUT2D eigenvalue weighted by Crippen LogP contribution is -1.98. The van der Waals surface area contributed by atoms with E-state index >= 15 is 0 Å². The van der Waals surface area contributed by atoms with E-state index in [2.05, 4.69) is 81.4 Å². The summed E-state index contributed by atoms with van der Waals surface area (Å²) in [4.78, 5) is 0. The fourth-order valence-corrected chi connectivity index (χ4v) is 4.92. The zero-order chi connectivity index (χ0) is 24.2. The molecule has 0 heterocycles. The first-order valence-electron chi connectivity index (χ1n) is 13.6. The zero-order valence-electron chi connectivity index (χ0n) is 21.7. The summed E-state index contributed by atoms with van der Waals surface area (Å²) >= 11 is 0. The van der Waals surface area contributed by atoms with Crippen LogP contribution in [0.5, 0.6) is 0 Å². The van der Waals surface area contributed by atoms with Gasteiger partial charge in [-0.05, 0) is 95.9 Å². The van der Waals surface area contributed by atoms with E-state index in [-0.39, 0.29) is 6.61 Å². The van der Waals surface area contributed by atoms with Gasteiger partial charge in [0.2, 0.25) is 0 Å². The molecule has 3 aromatic rings. The lowest BCUT2D eigenvalue weighted by molar-refractivity contribution is 0.288. The molecule has 0 spiro atoms. The van der Waals surface area contributed by atoms with Crippen molar-refractivity contribution in [1.29, 1.82) is 0 Å². The topological polar surface area (TPSA) is 20.2 Å². The van der Waals surface area contributed by atoms with Gasteiger partial charge in [-0.15, -0.1) is 0 Å². The van der Waals surface area contributed by atoms with Gasteiger partial charge in [0.05, 0.1) is 0 Å². The molecule has 0 unspecified atom stereocenters. The highest BCUT2D eigenvalue weighted by Crippen LogP contribution is 2.30. The molecule has 1 N–H and O–H groups in total. The van der Waals surface area contributed by atoms with Gasteiger partial charge in [0, 0.05) is 6.61 Å². The van der Waals surface area contributed by atoms with Crippen molar-refractivity contribution >= 4 is 0 Å².